The Balaban J connectivity index is 2.09. The highest BCUT2D eigenvalue weighted by atomic mass is 16.5. The molecule has 0 atom stereocenters. The fourth-order valence-corrected chi connectivity index (χ4v) is 1.98. The first kappa shape index (κ1) is 15.8. The highest BCUT2D eigenvalue weighted by Crippen LogP contribution is 2.06. The number of aryl methyl sites for hydroxylation is 1. The van der Waals surface area contributed by atoms with Crippen LogP contribution in [-0.4, -0.2) is 23.7 Å². The fraction of sp³-hybridized carbons (Fsp3) is 0.667. The van der Waals surface area contributed by atoms with Crippen molar-refractivity contribution >= 4 is 5.97 Å². The lowest BCUT2D eigenvalue weighted by Crippen LogP contribution is -2.11. The summed E-state index contributed by atoms with van der Waals surface area (Å²) in [5, 5.41) is 3.31. The summed E-state index contributed by atoms with van der Waals surface area (Å²) >= 11 is 0. The summed E-state index contributed by atoms with van der Waals surface area (Å²) in [6.07, 6.45) is 7.95. The molecule has 1 rings (SSSR count). The molecule has 4 heteroatoms. The van der Waals surface area contributed by atoms with Gasteiger partial charge in [-0.1, -0.05) is 13.3 Å². The molecule has 0 radical (unpaired) electrons. The number of hydrogen-bond donors (Lipinski definition) is 1. The van der Waals surface area contributed by atoms with Crippen molar-refractivity contribution in [1.29, 1.82) is 0 Å². The standard InChI is InChI=1S/C15H26N2O2/c1-3-16-12-14-9-11-17(13-14)10-7-5-6-8-15(18)19-4-2/h9,11,13,16H,3-8,10,12H2,1-2H3. The summed E-state index contributed by atoms with van der Waals surface area (Å²) in [5.74, 6) is -0.0728. The molecule has 1 heterocycles. The molecule has 0 bridgehead atoms. The van der Waals surface area contributed by atoms with Crippen molar-refractivity contribution in [2.75, 3.05) is 13.2 Å². The van der Waals surface area contributed by atoms with Crippen molar-refractivity contribution in [2.24, 2.45) is 0 Å². The first-order valence-electron chi connectivity index (χ1n) is 7.27. The third kappa shape index (κ3) is 7.01. The number of rotatable bonds is 10. The van der Waals surface area contributed by atoms with E-state index in [9.17, 15) is 4.79 Å². The summed E-state index contributed by atoms with van der Waals surface area (Å²) in [7, 11) is 0. The number of aromatic nitrogens is 1. The Bertz CT molecular complexity index is 361. The van der Waals surface area contributed by atoms with Crippen LogP contribution in [0, 0.1) is 0 Å². The molecule has 0 saturated carbocycles. The summed E-state index contributed by atoms with van der Waals surface area (Å²) in [5.41, 5.74) is 1.33. The Morgan fingerprint density at radius 3 is 2.89 bits per heavy atom. The maximum atomic E-state index is 11.1. The van der Waals surface area contributed by atoms with Crippen LogP contribution in [0.25, 0.3) is 0 Å². The number of carbonyl (C=O) groups is 1. The Labute approximate surface area is 116 Å². The monoisotopic (exact) mass is 266 g/mol. The molecule has 0 amide bonds. The molecular formula is C15H26N2O2. The van der Waals surface area contributed by atoms with Gasteiger partial charge in [-0.25, -0.2) is 0 Å². The smallest absolute Gasteiger partial charge is 0.305 e. The fourth-order valence-electron chi connectivity index (χ4n) is 1.98. The number of carbonyl (C=O) groups excluding carboxylic acids is 1. The summed E-state index contributed by atoms with van der Waals surface area (Å²) in [6, 6.07) is 2.15. The van der Waals surface area contributed by atoms with Gasteiger partial charge in [0.2, 0.25) is 0 Å². The van der Waals surface area contributed by atoms with Gasteiger partial charge in [-0.05, 0) is 37.9 Å². The Morgan fingerprint density at radius 2 is 2.16 bits per heavy atom. The van der Waals surface area contributed by atoms with Gasteiger partial charge in [0.15, 0.2) is 0 Å². The van der Waals surface area contributed by atoms with Crippen molar-refractivity contribution in [2.45, 2.75) is 52.6 Å². The molecule has 0 fully saturated rings. The van der Waals surface area contributed by atoms with E-state index in [1.165, 1.54) is 5.56 Å². The lowest BCUT2D eigenvalue weighted by atomic mass is 10.2. The van der Waals surface area contributed by atoms with Gasteiger partial charge in [0.1, 0.15) is 0 Å². The van der Waals surface area contributed by atoms with Crippen LogP contribution in [0.15, 0.2) is 18.5 Å². The van der Waals surface area contributed by atoms with Crippen molar-refractivity contribution in [3.05, 3.63) is 24.0 Å². The number of esters is 1. The minimum atomic E-state index is -0.0728. The van der Waals surface area contributed by atoms with Gasteiger partial charge in [-0.3, -0.25) is 4.79 Å². The normalized spacial score (nSPS) is 10.6. The molecule has 108 valence electrons. The van der Waals surface area contributed by atoms with Crippen LogP contribution in [0.4, 0.5) is 0 Å². The van der Waals surface area contributed by atoms with Crippen molar-refractivity contribution < 1.29 is 9.53 Å². The quantitative estimate of drug-likeness (QED) is 0.523. The molecule has 1 aromatic heterocycles. The lowest BCUT2D eigenvalue weighted by molar-refractivity contribution is -0.143. The van der Waals surface area contributed by atoms with Crippen LogP contribution in [0.1, 0.15) is 45.1 Å². The molecule has 0 aliphatic heterocycles. The van der Waals surface area contributed by atoms with E-state index in [1.807, 2.05) is 6.92 Å². The molecule has 0 unspecified atom stereocenters. The summed E-state index contributed by atoms with van der Waals surface area (Å²) in [6.45, 7) is 7.40. The molecule has 0 aliphatic carbocycles. The molecule has 0 aromatic carbocycles. The van der Waals surface area contributed by atoms with Gasteiger partial charge in [-0.15, -0.1) is 0 Å². The Hall–Kier alpha value is -1.29. The highest BCUT2D eigenvalue weighted by molar-refractivity contribution is 5.69. The topological polar surface area (TPSA) is 43.3 Å². The molecule has 19 heavy (non-hydrogen) atoms. The maximum Gasteiger partial charge on any atom is 0.305 e. The number of nitrogens with one attached hydrogen (secondary N) is 1. The zero-order valence-electron chi connectivity index (χ0n) is 12.2. The molecule has 0 saturated heterocycles. The van der Waals surface area contributed by atoms with E-state index in [4.69, 9.17) is 4.74 Å². The molecule has 4 nitrogen and oxygen atoms in total. The van der Waals surface area contributed by atoms with Gasteiger partial charge in [0.05, 0.1) is 6.61 Å². The van der Waals surface area contributed by atoms with Gasteiger partial charge in [0.25, 0.3) is 0 Å². The van der Waals surface area contributed by atoms with E-state index in [2.05, 4.69) is 35.3 Å². The van der Waals surface area contributed by atoms with Gasteiger partial charge in [-0.2, -0.15) is 0 Å². The second-order valence-corrected chi connectivity index (χ2v) is 4.65. The summed E-state index contributed by atoms with van der Waals surface area (Å²) < 4.78 is 7.12. The second kappa shape index (κ2) is 9.62. The van der Waals surface area contributed by atoms with Crippen LogP contribution in [-0.2, 0) is 22.6 Å². The van der Waals surface area contributed by atoms with Crippen molar-refractivity contribution in [3.8, 4) is 0 Å². The van der Waals surface area contributed by atoms with Crippen molar-refractivity contribution in [3.63, 3.8) is 0 Å². The molecule has 0 spiro atoms. The Kier molecular flexibility index (Phi) is 7.98. The zero-order chi connectivity index (χ0) is 13.9. The minimum Gasteiger partial charge on any atom is -0.466 e. The van der Waals surface area contributed by atoms with Gasteiger partial charge >= 0.3 is 5.97 Å². The lowest BCUT2D eigenvalue weighted by Gasteiger charge is -2.04. The van der Waals surface area contributed by atoms with E-state index in [0.29, 0.717) is 13.0 Å². The van der Waals surface area contributed by atoms with Crippen LogP contribution in [0.3, 0.4) is 0 Å². The van der Waals surface area contributed by atoms with Gasteiger partial charge < -0.3 is 14.6 Å². The van der Waals surface area contributed by atoms with E-state index in [-0.39, 0.29) is 5.97 Å². The number of nitrogens with zero attached hydrogens (tertiary/aromatic N) is 1. The van der Waals surface area contributed by atoms with E-state index in [1.54, 1.807) is 0 Å². The first-order chi connectivity index (χ1) is 9.26. The zero-order valence-corrected chi connectivity index (χ0v) is 12.2. The van der Waals surface area contributed by atoms with Crippen LogP contribution >= 0.6 is 0 Å². The largest absolute Gasteiger partial charge is 0.466 e. The average molecular weight is 266 g/mol. The average Bonchev–Trinajstić information content (AvgIpc) is 2.84. The first-order valence-corrected chi connectivity index (χ1v) is 7.27. The summed E-state index contributed by atoms with van der Waals surface area (Å²) in [4.78, 5) is 11.1. The number of ether oxygens (including phenoxy) is 1. The van der Waals surface area contributed by atoms with E-state index >= 15 is 0 Å². The van der Waals surface area contributed by atoms with Crippen molar-refractivity contribution in [1.82, 2.24) is 9.88 Å². The predicted molar refractivity (Wildman–Crippen MR) is 76.9 cm³/mol. The Morgan fingerprint density at radius 1 is 1.32 bits per heavy atom. The second-order valence-electron chi connectivity index (χ2n) is 4.65. The van der Waals surface area contributed by atoms with E-state index in [0.717, 1.165) is 38.9 Å². The third-order valence-electron chi connectivity index (χ3n) is 2.99. The number of hydrogen-bond acceptors (Lipinski definition) is 3. The number of unbranched alkanes of at least 4 members (excludes halogenated alkanes) is 2. The van der Waals surface area contributed by atoms with Crippen LogP contribution in [0.2, 0.25) is 0 Å². The predicted octanol–water partition coefficient (Wildman–Crippen LogP) is 2.72. The molecule has 1 aromatic rings. The van der Waals surface area contributed by atoms with Gasteiger partial charge in [0, 0.05) is 31.9 Å². The molecule has 0 aliphatic rings. The SMILES string of the molecule is CCNCc1ccn(CCCCCC(=O)OCC)c1. The van der Waals surface area contributed by atoms with Crippen LogP contribution in [0.5, 0.6) is 0 Å². The minimum absolute atomic E-state index is 0.0728. The maximum absolute atomic E-state index is 11.1. The molecular weight excluding hydrogens is 240 g/mol. The molecule has 1 N–H and O–H groups in total. The third-order valence-corrected chi connectivity index (χ3v) is 2.99. The highest BCUT2D eigenvalue weighted by Gasteiger charge is 2.01. The van der Waals surface area contributed by atoms with E-state index < -0.39 is 0 Å². The van der Waals surface area contributed by atoms with Crippen LogP contribution < -0.4 is 5.32 Å².